The monoisotopic (exact) mass is 255 g/mol. The van der Waals surface area contributed by atoms with Crippen molar-refractivity contribution in [3.8, 4) is 11.5 Å². The maximum atomic E-state index is 9.66. The van der Waals surface area contributed by atoms with E-state index in [2.05, 4.69) is 4.99 Å². The van der Waals surface area contributed by atoms with E-state index in [1.807, 2.05) is 43.3 Å². The number of phenols is 1. The van der Waals surface area contributed by atoms with E-state index in [-0.39, 0.29) is 11.8 Å². The smallest absolute Gasteiger partial charge is 0.124 e. The zero-order valence-electron chi connectivity index (χ0n) is 11.1. The van der Waals surface area contributed by atoms with Gasteiger partial charge in [-0.15, -0.1) is 0 Å². The van der Waals surface area contributed by atoms with Crippen molar-refractivity contribution in [1.29, 1.82) is 0 Å². The molecule has 0 aliphatic rings. The zero-order valence-corrected chi connectivity index (χ0v) is 11.1. The number of aromatic hydroxyl groups is 1. The van der Waals surface area contributed by atoms with Crippen molar-refractivity contribution in [1.82, 2.24) is 0 Å². The van der Waals surface area contributed by atoms with Crippen molar-refractivity contribution in [2.75, 3.05) is 7.11 Å². The first-order valence-corrected chi connectivity index (χ1v) is 6.16. The van der Waals surface area contributed by atoms with Crippen molar-refractivity contribution in [2.24, 2.45) is 4.99 Å². The van der Waals surface area contributed by atoms with E-state index in [4.69, 9.17) is 4.74 Å². The lowest BCUT2D eigenvalue weighted by molar-refractivity contribution is 0.414. The van der Waals surface area contributed by atoms with Crippen LogP contribution in [0, 0.1) is 0 Å². The Balaban J connectivity index is 2.16. The molecule has 2 aromatic rings. The molecule has 98 valence electrons. The molecule has 0 bridgehead atoms. The predicted octanol–water partition coefficient (Wildman–Crippen LogP) is 3.58. The molecule has 3 heteroatoms. The van der Waals surface area contributed by atoms with Gasteiger partial charge in [0.15, 0.2) is 0 Å². The van der Waals surface area contributed by atoms with Crippen molar-refractivity contribution in [2.45, 2.75) is 13.0 Å². The van der Waals surface area contributed by atoms with E-state index in [0.717, 1.165) is 16.9 Å². The third-order valence-corrected chi connectivity index (χ3v) is 2.95. The summed E-state index contributed by atoms with van der Waals surface area (Å²) < 4.78 is 5.20. The van der Waals surface area contributed by atoms with Crippen molar-refractivity contribution in [3.63, 3.8) is 0 Å². The summed E-state index contributed by atoms with van der Waals surface area (Å²) in [6.45, 7) is 2.01. The Bertz CT molecular complexity index is 578. The van der Waals surface area contributed by atoms with E-state index in [1.165, 1.54) is 0 Å². The highest BCUT2D eigenvalue weighted by molar-refractivity contribution is 5.83. The maximum absolute atomic E-state index is 9.66. The summed E-state index contributed by atoms with van der Waals surface area (Å²) in [4.78, 5) is 4.46. The Kier molecular flexibility index (Phi) is 4.18. The minimum atomic E-state index is 0.00899. The molecule has 0 aromatic heterocycles. The predicted molar refractivity (Wildman–Crippen MR) is 77.1 cm³/mol. The second-order valence-electron chi connectivity index (χ2n) is 4.29. The Labute approximate surface area is 113 Å². The number of aliphatic imine (C=N–C) groups is 1. The van der Waals surface area contributed by atoms with E-state index < -0.39 is 0 Å². The average molecular weight is 255 g/mol. The number of ether oxygens (including phenoxy) is 1. The molecule has 0 spiro atoms. The molecule has 1 atom stereocenters. The molecule has 0 aliphatic carbocycles. The highest BCUT2D eigenvalue weighted by Crippen LogP contribution is 2.22. The maximum Gasteiger partial charge on any atom is 0.124 e. The number of rotatable bonds is 4. The van der Waals surface area contributed by atoms with E-state index >= 15 is 0 Å². The molecule has 0 amide bonds. The van der Waals surface area contributed by atoms with Crippen LogP contribution in [0.5, 0.6) is 11.5 Å². The highest BCUT2D eigenvalue weighted by Gasteiger charge is 2.04. The second-order valence-corrected chi connectivity index (χ2v) is 4.29. The summed E-state index contributed by atoms with van der Waals surface area (Å²) >= 11 is 0. The van der Waals surface area contributed by atoms with Crippen LogP contribution in [0.15, 0.2) is 53.5 Å². The lowest BCUT2D eigenvalue weighted by Crippen LogP contribution is -1.92. The quantitative estimate of drug-likeness (QED) is 0.848. The Morgan fingerprint density at radius 3 is 2.68 bits per heavy atom. The van der Waals surface area contributed by atoms with Gasteiger partial charge in [0.25, 0.3) is 0 Å². The van der Waals surface area contributed by atoms with E-state index in [1.54, 1.807) is 25.5 Å². The molecule has 19 heavy (non-hydrogen) atoms. The molecule has 0 radical (unpaired) electrons. The minimum absolute atomic E-state index is 0.00899. The van der Waals surface area contributed by atoms with Crippen LogP contribution >= 0.6 is 0 Å². The van der Waals surface area contributed by atoms with Crippen molar-refractivity contribution < 1.29 is 9.84 Å². The van der Waals surface area contributed by atoms with Crippen LogP contribution in [-0.4, -0.2) is 18.4 Å². The van der Waals surface area contributed by atoms with Crippen molar-refractivity contribution in [3.05, 3.63) is 59.7 Å². The normalized spacial score (nSPS) is 12.5. The molecule has 0 unspecified atom stereocenters. The topological polar surface area (TPSA) is 41.8 Å². The van der Waals surface area contributed by atoms with Gasteiger partial charge in [-0.1, -0.05) is 24.3 Å². The number of hydrogen-bond donors (Lipinski definition) is 1. The van der Waals surface area contributed by atoms with E-state index in [0.29, 0.717) is 0 Å². The van der Waals surface area contributed by atoms with Crippen LogP contribution in [0.2, 0.25) is 0 Å². The van der Waals surface area contributed by atoms with Crippen LogP contribution in [0.25, 0.3) is 0 Å². The fourth-order valence-electron chi connectivity index (χ4n) is 1.78. The van der Waals surface area contributed by atoms with Crippen LogP contribution in [0.4, 0.5) is 0 Å². The molecule has 0 heterocycles. The Morgan fingerprint density at radius 2 is 1.95 bits per heavy atom. The van der Waals surface area contributed by atoms with Crippen LogP contribution in [0.3, 0.4) is 0 Å². The molecule has 2 rings (SSSR count). The number of hydrogen-bond acceptors (Lipinski definition) is 3. The lowest BCUT2D eigenvalue weighted by Gasteiger charge is -2.08. The number of nitrogens with zero attached hydrogens (tertiary/aromatic N) is 1. The summed E-state index contributed by atoms with van der Waals surface area (Å²) in [5.74, 6) is 1.06. The first-order valence-electron chi connectivity index (χ1n) is 6.16. The van der Waals surface area contributed by atoms with Crippen LogP contribution < -0.4 is 4.74 Å². The summed E-state index contributed by atoms with van der Waals surface area (Å²) in [6.07, 6.45) is 1.69. The third kappa shape index (κ3) is 3.35. The Morgan fingerprint density at radius 1 is 1.16 bits per heavy atom. The summed E-state index contributed by atoms with van der Waals surface area (Å²) in [7, 11) is 1.65. The minimum Gasteiger partial charge on any atom is -0.507 e. The highest BCUT2D eigenvalue weighted by atomic mass is 16.5. The SMILES string of the molecule is COc1cccc([C@@H](C)N=Cc2ccccc2O)c1. The van der Waals surface area contributed by atoms with Crippen molar-refractivity contribution >= 4 is 6.21 Å². The number of methoxy groups -OCH3 is 1. The molecule has 3 nitrogen and oxygen atoms in total. The lowest BCUT2D eigenvalue weighted by atomic mass is 10.1. The number of para-hydroxylation sites is 1. The van der Waals surface area contributed by atoms with Gasteiger partial charge in [-0.2, -0.15) is 0 Å². The fraction of sp³-hybridized carbons (Fsp3) is 0.188. The van der Waals surface area contributed by atoms with Gasteiger partial charge in [0.2, 0.25) is 0 Å². The standard InChI is InChI=1S/C16H17NO2/c1-12(13-7-5-8-15(10-13)19-2)17-11-14-6-3-4-9-16(14)18/h3-12,18H,1-2H3/t12-/m1/s1. The fourth-order valence-corrected chi connectivity index (χ4v) is 1.78. The zero-order chi connectivity index (χ0) is 13.7. The number of benzene rings is 2. The summed E-state index contributed by atoms with van der Waals surface area (Å²) in [5.41, 5.74) is 1.79. The van der Waals surface area contributed by atoms with Gasteiger partial charge in [0, 0.05) is 11.8 Å². The van der Waals surface area contributed by atoms with Gasteiger partial charge < -0.3 is 9.84 Å². The summed E-state index contributed by atoms with van der Waals surface area (Å²) in [5, 5.41) is 9.66. The Hall–Kier alpha value is -2.29. The largest absolute Gasteiger partial charge is 0.507 e. The van der Waals surface area contributed by atoms with Gasteiger partial charge in [0.1, 0.15) is 11.5 Å². The number of phenolic OH excluding ortho intramolecular Hbond substituents is 1. The van der Waals surface area contributed by atoms with E-state index in [9.17, 15) is 5.11 Å². The molecule has 1 N–H and O–H groups in total. The average Bonchev–Trinajstić information content (AvgIpc) is 2.46. The first-order chi connectivity index (χ1) is 9.20. The molecule has 0 saturated carbocycles. The molecular weight excluding hydrogens is 238 g/mol. The first kappa shape index (κ1) is 13.1. The summed E-state index contributed by atoms with van der Waals surface area (Å²) in [6, 6.07) is 15.0. The van der Waals surface area contributed by atoms with Crippen LogP contribution in [0.1, 0.15) is 24.1 Å². The van der Waals surface area contributed by atoms with Crippen LogP contribution in [-0.2, 0) is 0 Å². The molecule has 0 aliphatic heterocycles. The van der Waals surface area contributed by atoms with Gasteiger partial charge in [0.05, 0.1) is 13.2 Å². The molecule has 2 aromatic carbocycles. The molecular formula is C16H17NO2. The molecule has 0 saturated heterocycles. The second kappa shape index (κ2) is 6.05. The van der Waals surface area contributed by atoms with Gasteiger partial charge in [-0.05, 0) is 36.8 Å². The van der Waals surface area contributed by atoms with Gasteiger partial charge in [-0.25, -0.2) is 0 Å². The van der Waals surface area contributed by atoms with Gasteiger partial charge >= 0.3 is 0 Å². The molecule has 0 fully saturated rings. The van der Waals surface area contributed by atoms with Gasteiger partial charge in [-0.3, -0.25) is 4.99 Å². The third-order valence-electron chi connectivity index (χ3n) is 2.95.